The zero-order chi connectivity index (χ0) is 25.4. The summed E-state index contributed by atoms with van der Waals surface area (Å²) in [5, 5.41) is 8.12. The molecule has 0 saturated carbocycles. The Hall–Kier alpha value is -3.89. The van der Waals surface area contributed by atoms with E-state index in [1.54, 1.807) is 50.2 Å². The number of para-hydroxylation sites is 1. The van der Waals surface area contributed by atoms with Gasteiger partial charge in [0.05, 0.1) is 17.7 Å². The third-order valence-corrected chi connectivity index (χ3v) is 7.24. The molecular formula is C25H28N4O5S. The number of nitrogens with zero attached hydrogens (tertiary/aromatic N) is 1. The van der Waals surface area contributed by atoms with Crippen molar-refractivity contribution in [1.29, 1.82) is 0 Å². The van der Waals surface area contributed by atoms with E-state index >= 15 is 0 Å². The molecule has 0 unspecified atom stereocenters. The Morgan fingerprint density at radius 3 is 2.00 bits per heavy atom. The Labute approximate surface area is 205 Å². The number of nitrogens with one attached hydrogen (secondary N) is 3. The molecule has 3 rings (SSSR count). The molecule has 35 heavy (non-hydrogen) atoms. The van der Waals surface area contributed by atoms with Crippen LogP contribution in [0.2, 0.25) is 0 Å². The summed E-state index contributed by atoms with van der Waals surface area (Å²) < 4.78 is 32.4. The van der Waals surface area contributed by atoms with Crippen LogP contribution in [0, 0.1) is 0 Å². The normalized spacial score (nSPS) is 11.1. The van der Waals surface area contributed by atoms with E-state index in [0.29, 0.717) is 35.8 Å². The van der Waals surface area contributed by atoms with Crippen LogP contribution in [0.15, 0.2) is 77.7 Å². The summed E-state index contributed by atoms with van der Waals surface area (Å²) >= 11 is 0. The van der Waals surface area contributed by atoms with Gasteiger partial charge in [-0.05, 0) is 54.6 Å². The number of sulfonamides is 1. The lowest BCUT2D eigenvalue weighted by Crippen LogP contribution is -2.30. The molecule has 0 bridgehead atoms. The van der Waals surface area contributed by atoms with E-state index in [4.69, 9.17) is 4.74 Å². The number of anilines is 3. The van der Waals surface area contributed by atoms with Gasteiger partial charge in [0.25, 0.3) is 5.91 Å². The molecule has 10 heteroatoms. The molecule has 0 aromatic heterocycles. The molecule has 3 aromatic carbocycles. The van der Waals surface area contributed by atoms with Crippen LogP contribution >= 0.6 is 0 Å². The lowest BCUT2D eigenvalue weighted by molar-refractivity contribution is 0.102. The summed E-state index contributed by atoms with van der Waals surface area (Å²) in [5.41, 5.74) is 1.70. The van der Waals surface area contributed by atoms with Crippen molar-refractivity contribution >= 4 is 39.0 Å². The van der Waals surface area contributed by atoms with Crippen LogP contribution in [0.25, 0.3) is 0 Å². The molecule has 0 heterocycles. The van der Waals surface area contributed by atoms with Crippen LogP contribution in [0.4, 0.5) is 21.9 Å². The Morgan fingerprint density at radius 2 is 1.43 bits per heavy atom. The van der Waals surface area contributed by atoms with Gasteiger partial charge in [-0.15, -0.1) is 0 Å². The fourth-order valence-corrected chi connectivity index (χ4v) is 4.86. The number of ether oxygens (including phenoxy) is 1. The fraction of sp³-hybridized carbons (Fsp3) is 0.200. The molecule has 0 spiro atoms. The number of hydrogen-bond donors (Lipinski definition) is 3. The summed E-state index contributed by atoms with van der Waals surface area (Å²) in [5.74, 6) is -0.131. The standard InChI is InChI=1S/C25H28N4O5S/c1-4-29(5-2)35(32,33)21-15-16-23(34-3)22(17-21)28-24(30)18-11-13-20(14-12-18)27-25(31)26-19-9-7-6-8-10-19/h6-17H,4-5H2,1-3H3,(H,28,30)(H2,26,27,31). The first kappa shape index (κ1) is 25.7. The maximum absolute atomic E-state index is 12.9. The van der Waals surface area contributed by atoms with Gasteiger partial charge in [-0.25, -0.2) is 13.2 Å². The summed E-state index contributed by atoms with van der Waals surface area (Å²) in [6.07, 6.45) is 0. The van der Waals surface area contributed by atoms with E-state index in [9.17, 15) is 18.0 Å². The van der Waals surface area contributed by atoms with E-state index in [0.717, 1.165) is 0 Å². The van der Waals surface area contributed by atoms with Crippen molar-refractivity contribution in [2.75, 3.05) is 36.1 Å². The van der Waals surface area contributed by atoms with Gasteiger partial charge in [-0.1, -0.05) is 32.0 Å². The zero-order valence-electron chi connectivity index (χ0n) is 19.7. The summed E-state index contributed by atoms with van der Waals surface area (Å²) in [6.45, 7) is 4.18. The Morgan fingerprint density at radius 1 is 0.829 bits per heavy atom. The van der Waals surface area contributed by atoms with Crippen LogP contribution in [0.5, 0.6) is 5.75 Å². The molecule has 3 amide bonds. The molecule has 3 N–H and O–H groups in total. The van der Waals surface area contributed by atoms with Crippen molar-refractivity contribution in [2.45, 2.75) is 18.7 Å². The van der Waals surface area contributed by atoms with Crippen molar-refractivity contribution in [2.24, 2.45) is 0 Å². The van der Waals surface area contributed by atoms with Gasteiger partial charge in [-0.2, -0.15) is 4.31 Å². The second kappa shape index (κ2) is 11.5. The molecule has 184 valence electrons. The predicted molar refractivity (Wildman–Crippen MR) is 137 cm³/mol. The Bertz CT molecular complexity index is 1270. The highest BCUT2D eigenvalue weighted by molar-refractivity contribution is 7.89. The number of rotatable bonds is 9. The third-order valence-electron chi connectivity index (χ3n) is 5.20. The Balaban J connectivity index is 1.73. The summed E-state index contributed by atoms with van der Waals surface area (Å²) in [6, 6.07) is 19.2. The van der Waals surface area contributed by atoms with Gasteiger partial charge in [0.2, 0.25) is 10.0 Å². The molecule has 0 saturated heterocycles. The van der Waals surface area contributed by atoms with Crippen LogP contribution in [-0.2, 0) is 10.0 Å². The highest BCUT2D eigenvalue weighted by Crippen LogP contribution is 2.29. The monoisotopic (exact) mass is 496 g/mol. The number of amides is 3. The van der Waals surface area contributed by atoms with Crippen molar-refractivity contribution < 1.29 is 22.7 Å². The molecule has 0 aliphatic rings. The second-order valence-corrected chi connectivity index (χ2v) is 9.37. The number of carbonyl (C=O) groups excluding carboxylic acids is 2. The molecule has 0 aliphatic heterocycles. The number of carbonyl (C=O) groups is 2. The smallest absolute Gasteiger partial charge is 0.323 e. The fourth-order valence-electron chi connectivity index (χ4n) is 3.37. The largest absolute Gasteiger partial charge is 0.495 e. The minimum atomic E-state index is -3.71. The lowest BCUT2D eigenvalue weighted by Gasteiger charge is -2.19. The van der Waals surface area contributed by atoms with Crippen LogP contribution < -0.4 is 20.7 Å². The highest BCUT2D eigenvalue weighted by Gasteiger charge is 2.23. The zero-order valence-corrected chi connectivity index (χ0v) is 20.6. The first-order valence-electron chi connectivity index (χ1n) is 11.0. The molecule has 0 atom stereocenters. The van der Waals surface area contributed by atoms with E-state index in [-0.39, 0.29) is 10.6 Å². The second-order valence-electron chi connectivity index (χ2n) is 7.43. The first-order valence-corrected chi connectivity index (χ1v) is 12.4. The number of urea groups is 1. The maximum atomic E-state index is 12.9. The van der Waals surface area contributed by atoms with Gasteiger partial charge in [0, 0.05) is 30.0 Å². The minimum Gasteiger partial charge on any atom is -0.495 e. The lowest BCUT2D eigenvalue weighted by atomic mass is 10.2. The number of benzene rings is 3. The van der Waals surface area contributed by atoms with E-state index in [2.05, 4.69) is 16.0 Å². The molecule has 0 radical (unpaired) electrons. The van der Waals surface area contributed by atoms with Crippen molar-refractivity contribution in [3.63, 3.8) is 0 Å². The SMILES string of the molecule is CCN(CC)S(=O)(=O)c1ccc(OC)c(NC(=O)c2ccc(NC(=O)Nc3ccccc3)cc2)c1. The van der Waals surface area contributed by atoms with E-state index in [1.165, 1.54) is 29.6 Å². The average Bonchev–Trinajstić information content (AvgIpc) is 2.85. The van der Waals surface area contributed by atoms with E-state index in [1.807, 2.05) is 18.2 Å². The molecule has 3 aromatic rings. The maximum Gasteiger partial charge on any atom is 0.323 e. The van der Waals surface area contributed by atoms with Gasteiger partial charge in [0.1, 0.15) is 5.75 Å². The molecule has 0 fully saturated rings. The van der Waals surface area contributed by atoms with Crippen LogP contribution in [0.3, 0.4) is 0 Å². The summed E-state index contributed by atoms with van der Waals surface area (Å²) in [4.78, 5) is 25.0. The topological polar surface area (TPSA) is 117 Å². The quantitative estimate of drug-likeness (QED) is 0.400. The molecular weight excluding hydrogens is 468 g/mol. The van der Waals surface area contributed by atoms with Crippen molar-refractivity contribution in [3.05, 3.63) is 78.4 Å². The number of hydrogen-bond acceptors (Lipinski definition) is 5. The summed E-state index contributed by atoms with van der Waals surface area (Å²) in [7, 11) is -2.27. The Kier molecular flexibility index (Phi) is 8.45. The highest BCUT2D eigenvalue weighted by atomic mass is 32.2. The number of methoxy groups -OCH3 is 1. The average molecular weight is 497 g/mol. The molecule has 9 nitrogen and oxygen atoms in total. The molecule has 0 aliphatic carbocycles. The van der Waals surface area contributed by atoms with Crippen molar-refractivity contribution in [3.8, 4) is 5.75 Å². The van der Waals surface area contributed by atoms with Gasteiger partial charge < -0.3 is 20.7 Å². The minimum absolute atomic E-state index is 0.0567. The van der Waals surface area contributed by atoms with Crippen LogP contribution in [0.1, 0.15) is 24.2 Å². The van der Waals surface area contributed by atoms with Gasteiger partial charge in [-0.3, -0.25) is 4.79 Å². The third kappa shape index (κ3) is 6.37. The van der Waals surface area contributed by atoms with Crippen molar-refractivity contribution in [1.82, 2.24) is 4.31 Å². The van der Waals surface area contributed by atoms with Gasteiger partial charge >= 0.3 is 6.03 Å². The van der Waals surface area contributed by atoms with E-state index < -0.39 is 22.0 Å². The first-order chi connectivity index (χ1) is 16.8. The van der Waals surface area contributed by atoms with Gasteiger partial charge in [0.15, 0.2) is 0 Å². The predicted octanol–water partition coefficient (Wildman–Crippen LogP) is 4.62. The van der Waals surface area contributed by atoms with Crippen LogP contribution in [-0.4, -0.2) is 44.9 Å².